The third kappa shape index (κ3) is 4.36. The number of H-pyrrole nitrogens is 1. The van der Waals surface area contributed by atoms with Crippen molar-refractivity contribution in [3.63, 3.8) is 0 Å². The molecule has 2 atom stereocenters. The Balaban J connectivity index is 1.93. The van der Waals surface area contributed by atoms with Gasteiger partial charge in [-0.15, -0.1) is 0 Å². The lowest BCUT2D eigenvalue weighted by atomic mass is 9.95. The fraction of sp³-hybridized carbons (Fsp3) is 0.421. The molecule has 29 heavy (non-hydrogen) atoms. The summed E-state index contributed by atoms with van der Waals surface area (Å²) in [6, 6.07) is 1.52. The van der Waals surface area contributed by atoms with Crippen LogP contribution in [0.2, 0.25) is 0 Å². The van der Waals surface area contributed by atoms with Crippen LogP contribution in [-0.4, -0.2) is 58.6 Å². The van der Waals surface area contributed by atoms with E-state index in [-0.39, 0.29) is 12.1 Å². The van der Waals surface area contributed by atoms with E-state index in [9.17, 15) is 18.4 Å². The number of urea groups is 1. The number of aromatic nitrogens is 2. The number of nitrogens with one attached hydrogen (secondary N) is 2. The summed E-state index contributed by atoms with van der Waals surface area (Å²) >= 11 is 1.54. The molecule has 0 spiro atoms. The third-order valence-electron chi connectivity index (χ3n) is 4.86. The highest BCUT2D eigenvalue weighted by Crippen LogP contribution is 2.35. The first-order valence-electron chi connectivity index (χ1n) is 9.07. The number of amides is 2. The summed E-state index contributed by atoms with van der Waals surface area (Å²) in [5.41, 5.74) is 1.22. The number of hydrogen-bond acceptors (Lipinski definition) is 5. The first-order valence-corrected chi connectivity index (χ1v) is 10.5. The standard InChI is InChI=1S/C19H22F2N4O3S/c1-28-18(26)14(7-9-29-2)24-19(27)25-8-6-13-16(23-10-22-13)17(25)11-4-3-5-12(20)15(11)21/h3-5,10,14,17H,6-9H2,1-2H3,(H,22,23)(H,24,27)/t14-,17-/m0/s1. The Hall–Kier alpha value is -2.62. The molecule has 1 aliphatic heterocycles. The van der Waals surface area contributed by atoms with Gasteiger partial charge in [0.15, 0.2) is 11.6 Å². The molecular weight excluding hydrogens is 402 g/mol. The number of aromatic amines is 1. The summed E-state index contributed by atoms with van der Waals surface area (Å²) in [5.74, 6) is -1.94. The Kier molecular flexibility index (Phi) is 6.73. The highest BCUT2D eigenvalue weighted by atomic mass is 32.2. The van der Waals surface area contributed by atoms with Crippen LogP contribution in [0.25, 0.3) is 0 Å². The Morgan fingerprint density at radius 3 is 2.97 bits per heavy atom. The van der Waals surface area contributed by atoms with Crippen LogP contribution in [-0.2, 0) is 16.0 Å². The van der Waals surface area contributed by atoms with Crippen LogP contribution in [0.4, 0.5) is 13.6 Å². The number of methoxy groups -OCH3 is 1. The van der Waals surface area contributed by atoms with Crippen molar-refractivity contribution < 1.29 is 23.1 Å². The highest BCUT2D eigenvalue weighted by Gasteiger charge is 2.37. The van der Waals surface area contributed by atoms with E-state index in [2.05, 4.69) is 15.3 Å². The summed E-state index contributed by atoms with van der Waals surface area (Å²) in [4.78, 5) is 33.7. The van der Waals surface area contributed by atoms with Crippen LogP contribution in [0.1, 0.15) is 29.4 Å². The quantitative estimate of drug-likeness (QED) is 0.697. The zero-order chi connectivity index (χ0) is 21.0. The summed E-state index contributed by atoms with van der Waals surface area (Å²) < 4.78 is 33.2. The van der Waals surface area contributed by atoms with Gasteiger partial charge in [0.1, 0.15) is 12.1 Å². The lowest BCUT2D eigenvalue weighted by Gasteiger charge is -2.36. The second-order valence-electron chi connectivity index (χ2n) is 6.56. The molecule has 2 amide bonds. The molecule has 0 aliphatic carbocycles. The van der Waals surface area contributed by atoms with E-state index in [1.54, 1.807) is 0 Å². The molecule has 1 aliphatic rings. The molecule has 0 unspecified atom stereocenters. The van der Waals surface area contributed by atoms with Crippen LogP contribution >= 0.6 is 11.8 Å². The Bertz CT molecular complexity index is 892. The Morgan fingerprint density at radius 1 is 1.45 bits per heavy atom. The topological polar surface area (TPSA) is 87.3 Å². The molecule has 10 heteroatoms. The average molecular weight is 424 g/mol. The lowest BCUT2D eigenvalue weighted by Crippen LogP contribution is -2.51. The SMILES string of the molecule is COC(=O)[C@H](CCSC)NC(=O)N1CCc2[nH]cnc2[C@@H]1c1cccc(F)c1F. The maximum atomic E-state index is 14.6. The summed E-state index contributed by atoms with van der Waals surface area (Å²) in [6.07, 6.45) is 4.22. The van der Waals surface area contributed by atoms with E-state index < -0.39 is 35.7 Å². The van der Waals surface area contributed by atoms with Crippen LogP contribution < -0.4 is 5.32 Å². The molecule has 0 fully saturated rings. The van der Waals surface area contributed by atoms with E-state index in [0.717, 1.165) is 11.8 Å². The number of carbonyl (C=O) groups excluding carboxylic acids is 2. The van der Waals surface area contributed by atoms with Gasteiger partial charge in [0.05, 0.1) is 19.1 Å². The minimum Gasteiger partial charge on any atom is -0.467 e. The first-order chi connectivity index (χ1) is 14.0. The predicted molar refractivity (Wildman–Crippen MR) is 105 cm³/mol. The zero-order valence-corrected chi connectivity index (χ0v) is 16.9. The number of thioether (sulfide) groups is 1. The van der Waals surface area contributed by atoms with Crippen molar-refractivity contribution in [2.45, 2.75) is 24.9 Å². The molecule has 0 saturated heterocycles. The molecule has 156 valence electrons. The van der Waals surface area contributed by atoms with Crippen molar-refractivity contribution in [1.82, 2.24) is 20.2 Å². The van der Waals surface area contributed by atoms with Crippen molar-refractivity contribution in [2.24, 2.45) is 0 Å². The van der Waals surface area contributed by atoms with Gasteiger partial charge in [-0.2, -0.15) is 11.8 Å². The molecule has 0 saturated carbocycles. The molecule has 2 aromatic rings. The number of esters is 1. The summed E-state index contributed by atoms with van der Waals surface area (Å²) in [7, 11) is 1.25. The van der Waals surface area contributed by atoms with Crippen molar-refractivity contribution in [3.8, 4) is 0 Å². The molecule has 3 rings (SSSR count). The monoisotopic (exact) mass is 424 g/mol. The molecular formula is C19H22F2N4O3S. The van der Waals surface area contributed by atoms with E-state index in [0.29, 0.717) is 24.3 Å². The second kappa shape index (κ2) is 9.25. The lowest BCUT2D eigenvalue weighted by molar-refractivity contribution is -0.142. The molecule has 0 bridgehead atoms. The molecule has 1 aromatic heterocycles. The fourth-order valence-electron chi connectivity index (χ4n) is 3.40. The number of fused-ring (bicyclic) bond motifs is 1. The number of carbonyl (C=O) groups is 2. The minimum absolute atomic E-state index is 0.00642. The van der Waals surface area contributed by atoms with Gasteiger partial charge >= 0.3 is 12.0 Å². The van der Waals surface area contributed by atoms with Crippen LogP contribution in [0, 0.1) is 11.6 Å². The van der Waals surface area contributed by atoms with Crippen molar-refractivity contribution in [1.29, 1.82) is 0 Å². The number of ether oxygens (including phenoxy) is 1. The van der Waals surface area contributed by atoms with Gasteiger partial charge in [0.2, 0.25) is 0 Å². The number of benzene rings is 1. The van der Waals surface area contributed by atoms with Gasteiger partial charge in [0.25, 0.3) is 0 Å². The number of imidazole rings is 1. The highest BCUT2D eigenvalue weighted by molar-refractivity contribution is 7.98. The van der Waals surface area contributed by atoms with Crippen LogP contribution in [0.3, 0.4) is 0 Å². The Morgan fingerprint density at radius 2 is 2.24 bits per heavy atom. The normalized spacial score (nSPS) is 16.8. The predicted octanol–water partition coefficient (Wildman–Crippen LogP) is 2.64. The van der Waals surface area contributed by atoms with Crippen molar-refractivity contribution in [3.05, 3.63) is 53.1 Å². The Labute approximate surface area is 171 Å². The van der Waals surface area contributed by atoms with Crippen molar-refractivity contribution in [2.75, 3.05) is 25.7 Å². The maximum Gasteiger partial charge on any atom is 0.328 e. The number of nitrogens with zero attached hydrogens (tertiary/aromatic N) is 2. The van der Waals surface area contributed by atoms with Gasteiger partial charge in [-0.1, -0.05) is 12.1 Å². The molecule has 1 aromatic carbocycles. The van der Waals surface area contributed by atoms with Crippen LogP contribution in [0.5, 0.6) is 0 Å². The second-order valence-corrected chi connectivity index (χ2v) is 7.55. The van der Waals surface area contributed by atoms with Gasteiger partial charge in [0, 0.05) is 24.2 Å². The van der Waals surface area contributed by atoms with E-state index in [4.69, 9.17) is 4.74 Å². The number of halogens is 2. The first kappa shape index (κ1) is 21.1. The van der Waals surface area contributed by atoms with Gasteiger partial charge in [-0.3, -0.25) is 0 Å². The van der Waals surface area contributed by atoms with Gasteiger partial charge < -0.3 is 19.9 Å². The molecule has 2 N–H and O–H groups in total. The number of rotatable bonds is 6. The summed E-state index contributed by atoms with van der Waals surface area (Å²) in [6.45, 7) is 0.248. The van der Waals surface area contributed by atoms with E-state index >= 15 is 0 Å². The van der Waals surface area contributed by atoms with E-state index in [1.807, 2.05) is 6.26 Å². The smallest absolute Gasteiger partial charge is 0.328 e. The van der Waals surface area contributed by atoms with Gasteiger partial charge in [-0.25, -0.2) is 23.4 Å². The largest absolute Gasteiger partial charge is 0.467 e. The van der Waals surface area contributed by atoms with Crippen molar-refractivity contribution >= 4 is 23.8 Å². The van der Waals surface area contributed by atoms with Gasteiger partial charge in [-0.05, 0) is 24.5 Å². The molecule has 0 radical (unpaired) electrons. The third-order valence-corrected chi connectivity index (χ3v) is 5.50. The van der Waals surface area contributed by atoms with E-state index in [1.165, 1.54) is 42.2 Å². The zero-order valence-electron chi connectivity index (χ0n) is 16.1. The molecule has 2 heterocycles. The number of hydrogen-bond donors (Lipinski definition) is 2. The fourth-order valence-corrected chi connectivity index (χ4v) is 3.87. The maximum absolute atomic E-state index is 14.6. The minimum atomic E-state index is -1.03. The average Bonchev–Trinajstić information content (AvgIpc) is 3.20. The summed E-state index contributed by atoms with van der Waals surface area (Å²) in [5, 5.41) is 2.67. The van der Waals surface area contributed by atoms with Crippen LogP contribution in [0.15, 0.2) is 24.5 Å². The molecule has 7 nitrogen and oxygen atoms in total.